The Kier molecular flexibility index (Phi) is 5.07. The van der Waals surface area contributed by atoms with Crippen molar-refractivity contribution < 1.29 is 14.7 Å². The second-order valence-electron chi connectivity index (χ2n) is 2.32. The van der Waals surface area contributed by atoms with Gasteiger partial charge < -0.3 is 9.90 Å². The van der Waals surface area contributed by atoms with E-state index in [1.54, 1.807) is 0 Å². The van der Waals surface area contributed by atoms with Gasteiger partial charge in [0, 0.05) is 12.0 Å². The summed E-state index contributed by atoms with van der Waals surface area (Å²) in [6, 6.07) is 0. The molecule has 0 aliphatic carbocycles. The van der Waals surface area contributed by atoms with Gasteiger partial charge in [-0.05, 0) is 19.3 Å². The third-order valence-electron chi connectivity index (χ3n) is 1.35. The van der Waals surface area contributed by atoms with Crippen molar-refractivity contribution in [2.45, 2.75) is 25.7 Å². The van der Waals surface area contributed by atoms with Crippen LogP contribution in [-0.2, 0) is 9.59 Å². The van der Waals surface area contributed by atoms with Crippen LogP contribution in [0.1, 0.15) is 25.7 Å². The summed E-state index contributed by atoms with van der Waals surface area (Å²) in [5.74, 6) is -0.948. The highest BCUT2D eigenvalue weighted by Gasteiger charge is 2.01. The number of carboxylic acid groups (broad SMARTS) is 1. The van der Waals surface area contributed by atoms with E-state index in [-0.39, 0.29) is 5.57 Å². The lowest BCUT2D eigenvalue weighted by molar-refractivity contribution is -0.132. The second kappa shape index (κ2) is 5.65. The number of carbonyl (C=O) groups is 2. The molecule has 62 valence electrons. The van der Waals surface area contributed by atoms with Gasteiger partial charge in [0.05, 0.1) is 0 Å². The topological polar surface area (TPSA) is 54.4 Å². The van der Waals surface area contributed by atoms with E-state index in [1.807, 2.05) is 0 Å². The highest BCUT2D eigenvalue weighted by Crippen LogP contribution is 2.05. The molecule has 0 fully saturated rings. The fraction of sp³-hybridized carbons (Fsp3) is 0.500. The summed E-state index contributed by atoms with van der Waals surface area (Å²) < 4.78 is 0. The Hall–Kier alpha value is -1.12. The number of aliphatic carboxylic acids is 1. The Morgan fingerprint density at radius 1 is 1.45 bits per heavy atom. The molecule has 0 aromatic rings. The lowest BCUT2D eigenvalue weighted by atomic mass is 10.1. The molecule has 0 radical (unpaired) electrons. The van der Waals surface area contributed by atoms with Gasteiger partial charge in [0.25, 0.3) is 0 Å². The molecule has 0 unspecified atom stereocenters. The van der Waals surface area contributed by atoms with E-state index in [2.05, 4.69) is 6.58 Å². The molecule has 0 aliphatic rings. The molecular formula is C8H12O3. The van der Waals surface area contributed by atoms with Gasteiger partial charge in [0.1, 0.15) is 6.29 Å². The van der Waals surface area contributed by atoms with E-state index >= 15 is 0 Å². The molecule has 0 saturated heterocycles. The van der Waals surface area contributed by atoms with Gasteiger partial charge in [0.15, 0.2) is 0 Å². The largest absolute Gasteiger partial charge is 0.478 e. The number of hydrogen-bond donors (Lipinski definition) is 1. The van der Waals surface area contributed by atoms with Gasteiger partial charge in [-0.25, -0.2) is 4.79 Å². The zero-order valence-electron chi connectivity index (χ0n) is 6.38. The molecule has 1 N–H and O–H groups in total. The zero-order chi connectivity index (χ0) is 8.69. The Morgan fingerprint density at radius 3 is 2.55 bits per heavy atom. The van der Waals surface area contributed by atoms with Crippen LogP contribution in [0.15, 0.2) is 12.2 Å². The van der Waals surface area contributed by atoms with Crippen LogP contribution in [0.2, 0.25) is 0 Å². The average Bonchev–Trinajstić information content (AvgIpc) is 1.97. The molecule has 0 aliphatic heterocycles. The third-order valence-corrected chi connectivity index (χ3v) is 1.35. The maximum atomic E-state index is 10.2. The predicted molar refractivity (Wildman–Crippen MR) is 41.3 cm³/mol. The molecule has 0 rings (SSSR count). The monoisotopic (exact) mass is 156 g/mol. The first-order valence-corrected chi connectivity index (χ1v) is 3.53. The van der Waals surface area contributed by atoms with Crippen LogP contribution >= 0.6 is 0 Å². The zero-order valence-corrected chi connectivity index (χ0v) is 6.38. The van der Waals surface area contributed by atoms with Crippen molar-refractivity contribution in [3.8, 4) is 0 Å². The van der Waals surface area contributed by atoms with Gasteiger partial charge in [-0.2, -0.15) is 0 Å². The van der Waals surface area contributed by atoms with Crippen molar-refractivity contribution in [2.24, 2.45) is 0 Å². The quantitative estimate of drug-likeness (QED) is 0.359. The number of carboxylic acids is 1. The first kappa shape index (κ1) is 9.88. The van der Waals surface area contributed by atoms with Crippen LogP contribution in [-0.4, -0.2) is 17.4 Å². The molecule has 0 heterocycles. The fourth-order valence-electron chi connectivity index (χ4n) is 0.673. The Bertz CT molecular complexity index is 161. The second-order valence-corrected chi connectivity index (χ2v) is 2.32. The fourth-order valence-corrected chi connectivity index (χ4v) is 0.673. The van der Waals surface area contributed by atoms with Crippen molar-refractivity contribution >= 4 is 12.3 Å². The van der Waals surface area contributed by atoms with Gasteiger partial charge in [-0.1, -0.05) is 6.58 Å². The molecule has 11 heavy (non-hydrogen) atoms. The molecule has 3 heteroatoms. The predicted octanol–water partition coefficient (Wildman–Crippen LogP) is 1.39. The summed E-state index contributed by atoms with van der Waals surface area (Å²) >= 11 is 0. The molecule has 0 saturated carbocycles. The summed E-state index contributed by atoms with van der Waals surface area (Å²) in [5, 5.41) is 8.37. The molecule has 0 amide bonds. The molecule has 0 aromatic carbocycles. The average molecular weight is 156 g/mol. The summed E-state index contributed by atoms with van der Waals surface area (Å²) in [6.45, 7) is 3.36. The van der Waals surface area contributed by atoms with E-state index in [0.717, 1.165) is 19.1 Å². The van der Waals surface area contributed by atoms with Gasteiger partial charge in [0.2, 0.25) is 0 Å². The van der Waals surface area contributed by atoms with Gasteiger partial charge >= 0.3 is 5.97 Å². The van der Waals surface area contributed by atoms with Crippen LogP contribution in [0.4, 0.5) is 0 Å². The van der Waals surface area contributed by atoms with E-state index in [0.29, 0.717) is 12.8 Å². The minimum absolute atomic E-state index is 0.218. The normalized spacial score (nSPS) is 9.09. The van der Waals surface area contributed by atoms with Crippen molar-refractivity contribution in [1.29, 1.82) is 0 Å². The lowest BCUT2D eigenvalue weighted by Gasteiger charge is -1.96. The van der Waals surface area contributed by atoms with Crippen LogP contribution < -0.4 is 0 Å². The highest BCUT2D eigenvalue weighted by molar-refractivity contribution is 5.85. The van der Waals surface area contributed by atoms with Crippen LogP contribution in [0, 0.1) is 0 Å². The van der Waals surface area contributed by atoms with Crippen molar-refractivity contribution in [2.75, 3.05) is 0 Å². The molecular weight excluding hydrogens is 144 g/mol. The van der Waals surface area contributed by atoms with E-state index < -0.39 is 5.97 Å². The Morgan fingerprint density at radius 2 is 2.09 bits per heavy atom. The smallest absolute Gasteiger partial charge is 0.330 e. The summed E-state index contributed by atoms with van der Waals surface area (Å²) in [7, 11) is 0. The summed E-state index contributed by atoms with van der Waals surface area (Å²) in [4.78, 5) is 20.0. The Labute approximate surface area is 65.7 Å². The lowest BCUT2D eigenvalue weighted by Crippen LogP contribution is -1.98. The third kappa shape index (κ3) is 5.33. The molecule has 3 nitrogen and oxygen atoms in total. The molecule has 0 atom stereocenters. The number of carbonyl (C=O) groups excluding carboxylic acids is 1. The van der Waals surface area contributed by atoms with Gasteiger partial charge in [-0.15, -0.1) is 0 Å². The first-order valence-electron chi connectivity index (χ1n) is 3.53. The SMILES string of the molecule is C=C(CCCCC=O)C(=O)O. The molecule has 0 spiro atoms. The van der Waals surface area contributed by atoms with Crippen molar-refractivity contribution in [1.82, 2.24) is 0 Å². The maximum Gasteiger partial charge on any atom is 0.330 e. The number of unbranched alkanes of at least 4 members (excludes halogenated alkanes) is 2. The molecule has 0 aromatic heterocycles. The van der Waals surface area contributed by atoms with Crippen LogP contribution in [0.3, 0.4) is 0 Å². The van der Waals surface area contributed by atoms with Gasteiger partial charge in [-0.3, -0.25) is 0 Å². The standard InChI is InChI=1S/C8H12O3/c1-7(8(10)11)5-3-2-4-6-9/h6H,1-5H2,(H,10,11). The summed E-state index contributed by atoms with van der Waals surface area (Å²) in [5.41, 5.74) is 0.218. The maximum absolute atomic E-state index is 10.2. The first-order chi connectivity index (χ1) is 5.18. The van der Waals surface area contributed by atoms with Crippen LogP contribution in [0.25, 0.3) is 0 Å². The van der Waals surface area contributed by atoms with Crippen molar-refractivity contribution in [3.05, 3.63) is 12.2 Å². The van der Waals surface area contributed by atoms with E-state index in [1.165, 1.54) is 0 Å². The molecule has 0 bridgehead atoms. The van der Waals surface area contributed by atoms with E-state index in [4.69, 9.17) is 5.11 Å². The minimum Gasteiger partial charge on any atom is -0.478 e. The van der Waals surface area contributed by atoms with Crippen LogP contribution in [0.5, 0.6) is 0 Å². The Balaban J connectivity index is 3.31. The minimum atomic E-state index is -0.948. The number of rotatable bonds is 6. The van der Waals surface area contributed by atoms with Crippen molar-refractivity contribution in [3.63, 3.8) is 0 Å². The highest BCUT2D eigenvalue weighted by atomic mass is 16.4. The van der Waals surface area contributed by atoms with E-state index in [9.17, 15) is 9.59 Å². The number of hydrogen-bond acceptors (Lipinski definition) is 2. The number of aldehydes is 1. The summed E-state index contributed by atoms with van der Waals surface area (Å²) in [6.07, 6.45) is 3.29.